The molecule has 3 N–H and O–H groups in total. The normalized spacial score (nSPS) is 17.5. The van der Waals surface area contributed by atoms with E-state index < -0.39 is 0 Å². The molecular weight excluding hydrogens is 178 g/mol. The van der Waals surface area contributed by atoms with Gasteiger partial charge in [0.05, 0.1) is 11.9 Å². The number of aromatic nitrogens is 1. The summed E-state index contributed by atoms with van der Waals surface area (Å²) in [7, 11) is 0. The summed E-state index contributed by atoms with van der Waals surface area (Å²) < 4.78 is 0. The monoisotopic (exact) mass is 191 g/mol. The van der Waals surface area contributed by atoms with Crippen molar-refractivity contribution < 1.29 is 4.79 Å². The van der Waals surface area contributed by atoms with E-state index in [0.29, 0.717) is 11.5 Å². The van der Waals surface area contributed by atoms with Gasteiger partial charge in [-0.3, -0.25) is 4.79 Å². The highest BCUT2D eigenvalue weighted by Crippen LogP contribution is 2.45. The van der Waals surface area contributed by atoms with Gasteiger partial charge >= 0.3 is 0 Å². The largest absolute Gasteiger partial charge is 0.384 e. The molecule has 4 nitrogen and oxygen atoms in total. The molecule has 0 unspecified atom stereocenters. The second kappa shape index (κ2) is 2.97. The summed E-state index contributed by atoms with van der Waals surface area (Å²) in [6.45, 7) is 1.97. The molecule has 0 aromatic carbocycles. The topological polar surface area (TPSA) is 68.0 Å². The summed E-state index contributed by atoms with van der Waals surface area (Å²) in [5, 5.41) is 2.81. The Labute approximate surface area is 82.5 Å². The van der Waals surface area contributed by atoms with Crippen molar-refractivity contribution in [2.24, 2.45) is 5.41 Å². The molecule has 1 saturated carbocycles. The zero-order valence-corrected chi connectivity index (χ0v) is 8.08. The predicted octanol–water partition coefficient (Wildman–Crippen LogP) is 1.40. The molecule has 0 radical (unpaired) electrons. The number of nitrogens with two attached hydrogens (primary N) is 1. The van der Waals surface area contributed by atoms with Crippen LogP contribution in [-0.4, -0.2) is 10.9 Å². The number of rotatable bonds is 2. The van der Waals surface area contributed by atoms with E-state index in [9.17, 15) is 4.79 Å². The number of hydrogen-bond donors (Lipinski definition) is 2. The van der Waals surface area contributed by atoms with E-state index in [2.05, 4.69) is 10.3 Å². The van der Waals surface area contributed by atoms with Crippen molar-refractivity contribution in [2.45, 2.75) is 19.8 Å². The lowest BCUT2D eigenvalue weighted by Crippen LogP contribution is -2.21. The van der Waals surface area contributed by atoms with Crippen molar-refractivity contribution in [1.82, 2.24) is 4.98 Å². The van der Waals surface area contributed by atoms with Gasteiger partial charge in [-0.05, 0) is 25.0 Å². The van der Waals surface area contributed by atoms with Crippen molar-refractivity contribution in [1.29, 1.82) is 0 Å². The molecular formula is C10H13N3O. The van der Waals surface area contributed by atoms with Gasteiger partial charge in [0.1, 0.15) is 5.82 Å². The highest BCUT2D eigenvalue weighted by Gasteiger charge is 2.44. The van der Waals surface area contributed by atoms with E-state index in [1.165, 1.54) is 0 Å². The zero-order chi connectivity index (χ0) is 10.2. The number of nitrogens with zero attached hydrogens (tertiary/aromatic N) is 1. The van der Waals surface area contributed by atoms with Gasteiger partial charge < -0.3 is 11.1 Å². The molecule has 1 amide bonds. The zero-order valence-electron chi connectivity index (χ0n) is 8.08. The van der Waals surface area contributed by atoms with E-state index in [1.807, 2.05) is 6.92 Å². The van der Waals surface area contributed by atoms with Gasteiger partial charge in [0, 0.05) is 5.41 Å². The Morgan fingerprint density at radius 3 is 2.79 bits per heavy atom. The maximum absolute atomic E-state index is 11.6. The van der Waals surface area contributed by atoms with Gasteiger partial charge in [-0.25, -0.2) is 4.98 Å². The number of amides is 1. The second-order valence-electron chi connectivity index (χ2n) is 3.99. The maximum atomic E-state index is 11.6. The van der Waals surface area contributed by atoms with Crippen LogP contribution in [0.4, 0.5) is 11.5 Å². The van der Waals surface area contributed by atoms with Crippen molar-refractivity contribution in [2.75, 3.05) is 11.1 Å². The van der Waals surface area contributed by atoms with E-state index in [-0.39, 0.29) is 11.3 Å². The molecule has 1 aromatic heterocycles. The molecule has 4 heteroatoms. The van der Waals surface area contributed by atoms with Crippen molar-refractivity contribution >= 4 is 17.4 Å². The molecule has 2 rings (SSSR count). The second-order valence-corrected chi connectivity index (χ2v) is 3.99. The number of nitrogen functional groups attached to an aromatic ring is 1. The van der Waals surface area contributed by atoms with Crippen LogP contribution in [0.1, 0.15) is 19.8 Å². The standard InChI is InChI=1S/C10H13N3O/c1-10(4-5-10)9(14)13-7-2-3-8(11)12-6-7/h2-3,6H,4-5H2,1H3,(H2,11,12)(H,13,14). The average Bonchev–Trinajstić information content (AvgIpc) is 2.89. The van der Waals surface area contributed by atoms with Crippen LogP contribution in [0.5, 0.6) is 0 Å². The minimum absolute atomic E-state index is 0.0732. The molecule has 0 bridgehead atoms. The first-order chi connectivity index (χ1) is 6.60. The van der Waals surface area contributed by atoms with E-state index in [1.54, 1.807) is 18.3 Å². The van der Waals surface area contributed by atoms with E-state index in [4.69, 9.17) is 5.73 Å². The SMILES string of the molecule is CC1(C(=O)Nc2ccc(N)nc2)CC1. The number of anilines is 2. The first kappa shape index (κ1) is 8.99. The number of nitrogens with one attached hydrogen (secondary N) is 1. The lowest BCUT2D eigenvalue weighted by Gasteiger charge is -2.09. The Balaban J connectivity index is 2.04. The van der Waals surface area contributed by atoms with Crippen LogP contribution >= 0.6 is 0 Å². The number of hydrogen-bond acceptors (Lipinski definition) is 3. The summed E-state index contributed by atoms with van der Waals surface area (Å²) in [4.78, 5) is 15.5. The average molecular weight is 191 g/mol. The minimum Gasteiger partial charge on any atom is -0.384 e. The Hall–Kier alpha value is -1.58. The number of pyridine rings is 1. The highest BCUT2D eigenvalue weighted by molar-refractivity contribution is 5.96. The molecule has 74 valence electrons. The summed E-state index contributed by atoms with van der Waals surface area (Å²) >= 11 is 0. The fraction of sp³-hybridized carbons (Fsp3) is 0.400. The molecule has 1 aliphatic rings. The Kier molecular flexibility index (Phi) is 1.91. The van der Waals surface area contributed by atoms with Crippen LogP contribution < -0.4 is 11.1 Å². The molecule has 1 heterocycles. The molecule has 1 aliphatic carbocycles. The highest BCUT2D eigenvalue weighted by atomic mass is 16.2. The Bertz CT molecular complexity index is 354. The lowest BCUT2D eigenvalue weighted by atomic mass is 10.1. The summed E-state index contributed by atoms with van der Waals surface area (Å²) in [6, 6.07) is 3.43. The van der Waals surface area contributed by atoms with Crippen LogP contribution in [0.25, 0.3) is 0 Å². The van der Waals surface area contributed by atoms with Crippen LogP contribution in [-0.2, 0) is 4.79 Å². The van der Waals surface area contributed by atoms with Gasteiger partial charge in [0.15, 0.2) is 0 Å². The molecule has 0 saturated heterocycles. The van der Waals surface area contributed by atoms with Crippen LogP contribution in [0.15, 0.2) is 18.3 Å². The Morgan fingerprint density at radius 2 is 2.29 bits per heavy atom. The van der Waals surface area contributed by atoms with Crippen molar-refractivity contribution in [3.63, 3.8) is 0 Å². The lowest BCUT2D eigenvalue weighted by molar-refractivity contribution is -0.120. The third kappa shape index (κ3) is 1.69. The number of carbonyl (C=O) groups excluding carboxylic acids is 1. The third-order valence-corrected chi connectivity index (χ3v) is 2.59. The Morgan fingerprint density at radius 1 is 1.57 bits per heavy atom. The molecule has 1 fully saturated rings. The molecule has 1 aromatic rings. The third-order valence-electron chi connectivity index (χ3n) is 2.59. The van der Waals surface area contributed by atoms with E-state index in [0.717, 1.165) is 12.8 Å². The maximum Gasteiger partial charge on any atom is 0.230 e. The predicted molar refractivity (Wildman–Crippen MR) is 54.6 cm³/mol. The summed E-state index contributed by atoms with van der Waals surface area (Å²) in [6.07, 6.45) is 3.52. The van der Waals surface area contributed by atoms with Crippen LogP contribution in [0, 0.1) is 5.41 Å². The fourth-order valence-corrected chi connectivity index (χ4v) is 1.18. The summed E-state index contributed by atoms with van der Waals surface area (Å²) in [5.41, 5.74) is 5.99. The first-order valence-corrected chi connectivity index (χ1v) is 4.63. The quantitative estimate of drug-likeness (QED) is 0.742. The van der Waals surface area contributed by atoms with Gasteiger partial charge in [-0.2, -0.15) is 0 Å². The molecule has 0 atom stereocenters. The van der Waals surface area contributed by atoms with Gasteiger partial charge in [-0.15, -0.1) is 0 Å². The van der Waals surface area contributed by atoms with Crippen molar-refractivity contribution in [3.8, 4) is 0 Å². The van der Waals surface area contributed by atoms with Crippen LogP contribution in [0.2, 0.25) is 0 Å². The van der Waals surface area contributed by atoms with Crippen molar-refractivity contribution in [3.05, 3.63) is 18.3 Å². The van der Waals surface area contributed by atoms with Crippen LogP contribution in [0.3, 0.4) is 0 Å². The minimum atomic E-state index is -0.151. The van der Waals surface area contributed by atoms with Gasteiger partial charge in [-0.1, -0.05) is 6.92 Å². The molecule has 0 aliphatic heterocycles. The molecule has 0 spiro atoms. The van der Waals surface area contributed by atoms with Gasteiger partial charge in [0.25, 0.3) is 0 Å². The number of carbonyl (C=O) groups is 1. The summed E-state index contributed by atoms with van der Waals surface area (Å²) in [5.74, 6) is 0.532. The van der Waals surface area contributed by atoms with E-state index >= 15 is 0 Å². The molecule has 14 heavy (non-hydrogen) atoms. The fourth-order valence-electron chi connectivity index (χ4n) is 1.18. The first-order valence-electron chi connectivity index (χ1n) is 4.63. The smallest absolute Gasteiger partial charge is 0.230 e. The van der Waals surface area contributed by atoms with Gasteiger partial charge in [0.2, 0.25) is 5.91 Å².